The molecule has 0 fully saturated rings. The smallest absolute Gasteiger partial charge is 0.0543 e. The van der Waals surface area contributed by atoms with Gasteiger partial charge in [0.05, 0.1) is 5.69 Å². The summed E-state index contributed by atoms with van der Waals surface area (Å²) in [5.74, 6) is 0. The maximum absolute atomic E-state index is 2.49. The van der Waals surface area contributed by atoms with E-state index in [4.69, 9.17) is 0 Å². The zero-order chi connectivity index (χ0) is 33.8. The molecule has 1 heterocycles. The number of fused-ring (bicyclic) bond motifs is 9. The number of benzene rings is 7. The van der Waals surface area contributed by atoms with Crippen molar-refractivity contribution in [1.29, 1.82) is 0 Å². The number of thiophene rings is 1. The minimum Gasteiger partial charge on any atom is -0.310 e. The monoisotopic (exact) mass is 659 g/mol. The maximum Gasteiger partial charge on any atom is 0.0543 e. The summed E-state index contributed by atoms with van der Waals surface area (Å²) in [7, 11) is 0. The third-order valence-corrected chi connectivity index (χ3v) is 12.6. The molecule has 0 saturated heterocycles. The van der Waals surface area contributed by atoms with E-state index in [9.17, 15) is 0 Å². The van der Waals surface area contributed by atoms with Crippen molar-refractivity contribution in [2.24, 2.45) is 0 Å². The molecule has 0 amide bonds. The van der Waals surface area contributed by atoms with Crippen LogP contribution in [-0.4, -0.2) is 0 Å². The average Bonchev–Trinajstić information content (AvgIpc) is 3.72. The molecule has 240 valence electrons. The molecule has 2 aliphatic carbocycles. The van der Waals surface area contributed by atoms with Gasteiger partial charge in [0.25, 0.3) is 0 Å². The Hall–Kier alpha value is -5.44. The van der Waals surface area contributed by atoms with E-state index in [-0.39, 0.29) is 10.8 Å². The predicted molar refractivity (Wildman–Crippen MR) is 215 cm³/mol. The molecule has 0 N–H and O–H groups in total. The molecule has 0 bridgehead atoms. The van der Waals surface area contributed by atoms with E-state index in [0.29, 0.717) is 0 Å². The van der Waals surface area contributed by atoms with Gasteiger partial charge in [0, 0.05) is 47.9 Å². The Morgan fingerprint density at radius 2 is 1.02 bits per heavy atom. The van der Waals surface area contributed by atoms with Crippen LogP contribution in [0.1, 0.15) is 49.9 Å². The van der Waals surface area contributed by atoms with E-state index in [0.717, 1.165) is 5.69 Å². The third kappa shape index (κ3) is 4.12. The summed E-state index contributed by atoms with van der Waals surface area (Å²) in [6, 6.07) is 56.8. The standard InChI is InChI=1S/C48H37NS/c1-47(2)39-15-8-5-12-34(39)37-29-33(25-26-41(37)47)49(43-18-11-17-42-46(43)36-14-6-9-16-40(36)48(42,3)4)32-23-20-30(21-24-32)31-22-27-45-38(28-31)35-13-7-10-19-44(35)50-45/h5-29H,1-4H3. The van der Waals surface area contributed by atoms with Gasteiger partial charge in [-0.15, -0.1) is 11.3 Å². The van der Waals surface area contributed by atoms with E-state index < -0.39 is 0 Å². The Labute approximate surface area is 298 Å². The summed E-state index contributed by atoms with van der Waals surface area (Å²) in [4.78, 5) is 2.49. The van der Waals surface area contributed by atoms with Crippen molar-refractivity contribution in [3.8, 4) is 33.4 Å². The average molecular weight is 660 g/mol. The lowest BCUT2D eigenvalue weighted by molar-refractivity contribution is 0.660. The number of anilines is 3. The Kier molecular flexibility index (Phi) is 6.21. The van der Waals surface area contributed by atoms with Gasteiger partial charge >= 0.3 is 0 Å². The van der Waals surface area contributed by atoms with Crippen molar-refractivity contribution in [2.45, 2.75) is 38.5 Å². The van der Waals surface area contributed by atoms with Gasteiger partial charge < -0.3 is 4.90 Å². The van der Waals surface area contributed by atoms with E-state index in [1.165, 1.54) is 87.2 Å². The highest BCUT2D eigenvalue weighted by Crippen LogP contribution is 2.55. The first-order valence-electron chi connectivity index (χ1n) is 17.6. The SMILES string of the molecule is CC1(C)c2ccccc2-c2cc(N(c3ccc(-c4ccc5sc6ccccc6c5c4)cc3)c3cccc4c3-c3ccccc3C4(C)C)ccc21. The van der Waals surface area contributed by atoms with Crippen LogP contribution in [0.2, 0.25) is 0 Å². The fourth-order valence-corrected chi connectivity index (χ4v) is 9.99. The quantitative estimate of drug-likeness (QED) is 0.182. The Bertz CT molecular complexity index is 2650. The second-order valence-electron chi connectivity index (χ2n) is 15.0. The lowest BCUT2D eigenvalue weighted by Crippen LogP contribution is -2.16. The van der Waals surface area contributed by atoms with Gasteiger partial charge in [-0.05, 0) is 98.6 Å². The molecule has 50 heavy (non-hydrogen) atoms. The van der Waals surface area contributed by atoms with E-state index in [1.54, 1.807) is 0 Å². The van der Waals surface area contributed by atoms with Crippen molar-refractivity contribution in [1.82, 2.24) is 0 Å². The zero-order valence-electron chi connectivity index (χ0n) is 28.8. The molecule has 8 aromatic rings. The van der Waals surface area contributed by atoms with Crippen LogP contribution in [0.5, 0.6) is 0 Å². The van der Waals surface area contributed by atoms with Gasteiger partial charge in [-0.2, -0.15) is 0 Å². The van der Waals surface area contributed by atoms with Crippen LogP contribution in [0.4, 0.5) is 17.1 Å². The molecule has 0 aliphatic heterocycles. The molecular weight excluding hydrogens is 623 g/mol. The molecule has 2 heteroatoms. The van der Waals surface area contributed by atoms with Crippen molar-refractivity contribution < 1.29 is 0 Å². The second-order valence-corrected chi connectivity index (χ2v) is 16.0. The molecule has 0 spiro atoms. The lowest BCUT2D eigenvalue weighted by atomic mass is 9.82. The van der Waals surface area contributed by atoms with E-state index in [2.05, 4.69) is 184 Å². The summed E-state index contributed by atoms with van der Waals surface area (Å²) in [5, 5.41) is 2.66. The van der Waals surface area contributed by atoms with Crippen LogP contribution >= 0.6 is 11.3 Å². The van der Waals surface area contributed by atoms with Crippen molar-refractivity contribution in [3.05, 3.63) is 174 Å². The number of rotatable bonds is 4. The van der Waals surface area contributed by atoms with Crippen LogP contribution in [-0.2, 0) is 10.8 Å². The minimum absolute atomic E-state index is 0.0389. The van der Waals surface area contributed by atoms with Gasteiger partial charge in [0.1, 0.15) is 0 Å². The molecule has 0 atom stereocenters. The summed E-state index contributed by atoms with van der Waals surface area (Å²) in [5.41, 5.74) is 16.8. The third-order valence-electron chi connectivity index (χ3n) is 11.5. The molecule has 0 saturated carbocycles. The topological polar surface area (TPSA) is 3.24 Å². The maximum atomic E-state index is 2.49. The van der Waals surface area contributed by atoms with Gasteiger partial charge in [-0.3, -0.25) is 0 Å². The zero-order valence-corrected chi connectivity index (χ0v) is 29.6. The minimum atomic E-state index is -0.0805. The van der Waals surface area contributed by atoms with Crippen molar-refractivity contribution in [2.75, 3.05) is 4.90 Å². The summed E-state index contributed by atoms with van der Waals surface area (Å²) >= 11 is 1.87. The number of hydrogen-bond acceptors (Lipinski definition) is 2. The van der Waals surface area contributed by atoms with Gasteiger partial charge in [0.2, 0.25) is 0 Å². The second kappa shape index (κ2) is 10.5. The fraction of sp³-hybridized carbons (Fsp3) is 0.125. The Morgan fingerprint density at radius 1 is 0.420 bits per heavy atom. The van der Waals surface area contributed by atoms with Crippen LogP contribution < -0.4 is 4.90 Å². The van der Waals surface area contributed by atoms with Crippen LogP contribution in [0.3, 0.4) is 0 Å². The van der Waals surface area contributed by atoms with E-state index in [1.807, 2.05) is 11.3 Å². The predicted octanol–water partition coefficient (Wildman–Crippen LogP) is 13.8. The van der Waals surface area contributed by atoms with Crippen LogP contribution in [0, 0.1) is 0 Å². The molecule has 0 radical (unpaired) electrons. The van der Waals surface area contributed by atoms with Crippen molar-refractivity contribution >= 4 is 48.6 Å². The first-order chi connectivity index (χ1) is 24.3. The first kappa shape index (κ1) is 29.5. The molecule has 10 rings (SSSR count). The highest BCUT2D eigenvalue weighted by molar-refractivity contribution is 7.25. The van der Waals surface area contributed by atoms with Gasteiger partial charge in [0.15, 0.2) is 0 Å². The molecule has 0 unspecified atom stereocenters. The van der Waals surface area contributed by atoms with Crippen LogP contribution in [0.15, 0.2) is 152 Å². The molecule has 2 aliphatic rings. The highest BCUT2D eigenvalue weighted by atomic mass is 32.1. The Morgan fingerprint density at radius 3 is 1.84 bits per heavy atom. The molecule has 1 aromatic heterocycles. The molecule has 7 aromatic carbocycles. The first-order valence-corrected chi connectivity index (χ1v) is 18.4. The fourth-order valence-electron chi connectivity index (χ4n) is 8.90. The summed E-state index contributed by atoms with van der Waals surface area (Å²) in [6.45, 7) is 9.44. The lowest BCUT2D eigenvalue weighted by Gasteiger charge is -2.30. The van der Waals surface area contributed by atoms with Gasteiger partial charge in [-0.1, -0.05) is 131 Å². The number of hydrogen-bond donors (Lipinski definition) is 0. The Balaban J connectivity index is 1.16. The number of nitrogens with zero attached hydrogens (tertiary/aromatic N) is 1. The summed E-state index contributed by atoms with van der Waals surface area (Å²) in [6.07, 6.45) is 0. The molecular formula is C48H37NS. The highest BCUT2D eigenvalue weighted by Gasteiger charge is 2.39. The molecule has 1 nitrogen and oxygen atoms in total. The largest absolute Gasteiger partial charge is 0.310 e. The van der Waals surface area contributed by atoms with E-state index >= 15 is 0 Å². The van der Waals surface area contributed by atoms with Crippen LogP contribution in [0.25, 0.3) is 53.6 Å². The van der Waals surface area contributed by atoms with Gasteiger partial charge in [-0.25, -0.2) is 0 Å². The summed E-state index contributed by atoms with van der Waals surface area (Å²) < 4.78 is 2.67. The normalized spacial score (nSPS) is 14.7. The van der Waals surface area contributed by atoms with Crippen molar-refractivity contribution in [3.63, 3.8) is 0 Å².